The van der Waals surface area contributed by atoms with Gasteiger partial charge in [0.15, 0.2) is 0 Å². The Bertz CT molecular complexity index is 732. The van der Waals surface area contributed by atoms with Gasteiger partial charge in [0.25, 0.3) is 5.91 Å². The van der Waals surface area contributed by atoms with E-state index in [1.807, 2.05) is 24.3 Å². The molecule has 1 aliphatic carbocycles. The molecular formula is C20H23ClN2OS. The van der Waals surface area contributed by atoms with Gasteiger partial charge in [0.2, 0.25) is 0 Å². The van der Waals surface area contributed by atoms with Crippen molar-refractivity contribution in [2.24, 2.45) is 17.8 Å². The average Bonchev–Trinajstić information content (AvgIpc) is 3.08. The van der Waals surface area contributed by atoms with E-state index in [-0.39, 0.29) is 18.3 Å². The van der Waals surface area contributed by atoms with Gasteiger partial charge in [-0.15, -0.1) is 23.7 Å². The molecule has 0 radical (unpaired) electrons. The van der Waals surface area contributed by atoms with E-state index >= 15 is 0 Å². The monoisotopic (exact) mass is 374 g/mol. The van der Waals surface area contributed by atoms with Crippen LogP contribution in [0.5, 0.6) is 0 Å². The zero-order chi connectivity index (χ0) is 16.1. The van der Waals surface area contributed by atoms with Crippen LogP contribution in [0.3, 0.4) is 0 Å². The summed E-state index contributed by atoms with van der Waals surface area (Å²) in [5, 5.41) is 3.39. The summed E-state index contributed by atoms with van der Waals surface area (Å²) in [5.41, 5.74) is 1.18. The predicted molar refractivity (Wildman–Crippen MR) is 104 cm³/mol. The molecule has 6 rings (SSSR count). The molecule has 0 unspecified atom stereocenters. The number of nitrogens with zero attached hydrogens (tertiary/aromatic N) is 1. The maximum Gasteiger partial charge on any atom is 0.261 e. The SMILES string of the molecule is Cl.O=C(NC1[C@@H]2CC3C[C@@H]1CN(C3)C2)c1ccc(-c2ccccc2)s1. The Morgan fingerprint density at radius 1 is 1.00 bits per heavy atom. The molecule has 3 aliphatic heterocycles. The Morgan fingerprint density at radius 3 is 2.40 bits per heavy atom. The van der Waals surface area contributed by atoms with Crippen LogP contribution in [0.2, 0.25) is 0 Å². The summed E-state index contributed by atoms with van der Waals surface area (Å²) >= 11 is 1.60. The number of carbonyl (C=O) groups excluding carboxylic acids is 1. The van der Waals surface area contributed by atoms with Crippen LogP contribution in [-0.4, -0.2) is 36.5 Å². The molecule has 5 heteroatoms. The van der Waals surface area contributed by atoms with Gasteiger partial charge in [-0.1, -0.05) is 30.3 Å². The fourth-order valence-electron chi connectivity index (χ4n) is 5.08. The minimum absolute atomic E-state index is 0. The molecule has 4 aliphatic rings. The Kier molecular flexibility index (Phi) is 4.61. The number of piperidine rings is 3. The number of thiophene rings is 1. The molecule has 4 bridgehead atoms. The minimum atomic E-state index is 0. The number of amides is 1. The van der Waals surface area contributed by atoms with E-state index in [4.69, 9.17) is 0 Å². The minimum Gasteiger partial charge on any atom is -0.348 e. The Balaban J connectivity index is 0.00000157. The van der Waals surface area contributed by atoms with E-state index in [1.165, 1.54) is 38.0 Å². The van der Waals surface area contributed by atoms with E-state index < -0.39 is 0 Å². The van der Waals surface area contributed by atoms with Crippen molar-refractivity contribution in [2.75, 3.05) is 19.6 Å². The van der Waals surface area contributed by atoms with Crippen LogP contribution in [0.1, 0.15) is 22.5 Å². The first kappa shape index (κ1) is 17.1. The van der Waals surface area contributed by atoms with E-state index in [1.54, 1.807) is 11.3 Å². The first-order valence-corrected chi connectivity index (χ1v) is 9.76. The van der Waals surface area contributed by atoms with E-state index in [2.05, 4.69) is 28.4 Å². The van der Waals surface area contributed by atoms with Crippen molar-refractivity contribution in [3.63, 3.8) is 0 Å². The molecule has 132 valence electrons. The normalized spacial score (nSPS) is 32.2. The number of carbonyl (C=O) groups is 1. The third-order valence-corrected chi connectivity index (χ3v) is 7.11. The van der Waals surface area contributed by atoms with Gasteiger partial charge in [-0.3, -0.25) is 4.79 Å². The van der Waals surface area contributed by atoms with Crippen molar-refractivity contribution in [2.45, 2.75) is 18.9 Å². The van der Waals surface area contributed by atoms with Gasteiger partial charge in [0.1, 0.15) is 0 Å². The molecule has 25 heavy (non-hydrogen) atoms. The Morgan fingerprint density at radius 2 is 1.72 bits per heavy atom. The van der Waals surface area contributed by atoms with Gasteiger partial charge in [0.05, 0.1) is 4.88 Å². The standard InChI is InChI=1S/C20H22N2OS.ClH/c23-20(18-7-6-17(24-18)14-4-2-1-3-5-14)21-19-15-8-13-9-16(19)12-22(10-13)11-15;/h1-7,13,15-16,19H,8-12H2,(H,21,23);1H/t13?,15-,16-,19?;/m1./s1. The molecule has 2 aromatic rings. The predicted octanol–water partition coefficient (Wildman–Crippen LogP) is 3.91. The highest BCUT2D eigenvalue weighted by Crippen LogP contribution is 2.43. The quantitative estimate of drug-likeness (QED) is 0.883. The number of hydrogen-bond acceptors (Lipinski definition) is 3. The Hall–Kier alpha value is -1.36. The summed E-state index contributed by atoms with van der Waals surface area (Å²) in [6.07, 6.45) is 2.61. The summed E-state index contributed by atoms with van der Waals surface area (Å²) in [6.45, 7) is 3.65. The molecule has 1 N–H and O–H groups in total. The van der Waals surface area contributed by atoms with Crippen LogP contribution in [0, 0.1) is 17.8 Å². The lowest BCUT2D eigenvalue weighted by atomic mass is 9.65. The average molecular weight is 375 g/mol. The second kappa shape index (κ2) is 6.75. The van der Waals surface area contributed by atoms with E-state index in [0.717, 1.165) is 15.7 Å². The van der Waals surface area contributed by atoms with Crippen molar-refractivity contribution in [3.8, 4) is 10.4 Å². The van der Waals surface area contributed by atoms with Crippen molar-refractivity contribution >= 4 is 29.7 Å². The highest BCUT2D eigenvalue weighted by Gasteiger charge is 2.47. The third kappa shape index (κ3) is 3.12. The number of nitrogens with one attached hydrogen (secondary N) is 1. The molecule has 4 fully saturated rings. The first-order valence-electron chi connectivity index (χ1n) is 8.95. The topological polar surface area (TPSA) is 32.3 Å². The van der Waals surface area contributed by atoms with Crippen molar-refractivity contribution in [1.29, 1.82) is 0 Å². The summed E-state index contributed by atoms with van der Waals surface area (Å²) in [5.74, 6) is 2.32. The fourth-order valence-corrected chi connectivity index (χ4v) is 6.00. The van der Waals surface area contributed by atoms with Crippen LogP contribution in [-0.2, 0) is 0 Å². The second-order valence-electron chi connectivity index (χ2n) is 7.61. The molecular weight excluding hydrogens is 352 g/mol. The van der Waals surface area contributed by atoms with Crippen LogP contribution in [0.15, 0.2) is 42.5 Å². The molecule has 1 amide bonds. The summed E-state index contributed by atoms with van der Waals surface area (Å²) in [4.78, 5) is 17.4. The third-order valence-electron chi connectivity index (χ3n) is 5.98. The summed E-state index contributed by atoms with van der Waals surface area (Å²) in [6, 6.07) is 14.7. The highest BCUT2D eigenvalue weighted by molar-refractivity contribution is 7.17. The smallest absolute Gasteiger partial charge is 0.261 e. The second-order valence-corrected chi connectivity index (χ2v) is 8.69. The van der Waals surface area contributed by atoms with Crippen LogP contribution in [0.25, 0.3) is 10.4 Å². The number of benzene rings is 1. The van der Waals surface area contributed by atoms with Gasteiger partial charge < -0.3 is 10.2 Å². The molecule has 0 spiro atoms. The molecule has 2 atom stereocenters. The van der Waals surface area contributed by atoms with Crippen molar-refractivity contribution in [3.05, 3.63) is 47.3 Å². The highest BCUT2D eigenvalue weighted by atomic mass is 35.5. The lowest BCUT2D eigenvalue weighted by Gasteiger charge is -2.55. The fraction of sp³-hybridized carbons (Fsp3) is 0.450. The van der Waals surface area contributed by atoms with E-state index in [9.17, 15) is 4.79 Å². The number of rotatable bonds is 3. The maximum absolute atomic E-state index is 12.8. The largest absolute Gasteiger partial charge is 0.348 e. The zero-order valence-electron chi connectivity index (χ0n) is 14.1. The van der Waals surface area contributed by atoms with Gasteiger partial charge >= 0.3 is 0 Å². The van der Waals surface area contributed by atoms with Crippen LogP contribution in [0.4, 0.5) is 0 Å². The lowest BCUT2D eigenvalue weighted by molar-refractivity contribution is -0.0418. The molecule has 1 aromatic carbocycles. The number of hydrogen-bond donors (Lipinski definition) is 1. The molecule has 1 aromatic heterocycles. The van der Waals surface area contributed by atoms with Crippen LogP contribution < -0.4 is 5.32 Å². The Labute approximate surface area is 158 Å². The van der Waals surface area contributed by atoms with Gasteiger partial charge in [0, 0.05) is 30.6 Å². The van der Waals surface area contributed by atoms with Gasteiger partial charge in [-0.05, 0) is 48.3 Å². The van der Waals surface area contributed by atoms with Crippen molar-refractivity contribution in [1.82, 2.24) is 10.2 Å². The molecule has 1 saturated carbocycles. The first-order chi connectivity index (χ1) is 11.8. The zero-order valence-corrected chi connectivity index (χ0v) is 15.7. The van der Waals surface area contributed by atoms with Gasteiger partial charge in [-0.2, -0.15) is 0 Å². The molecule has 3 saturated heterocycles. The van der Waals surface area contributed by atoms with Crippen LogP contribution >= 0.6 is 23.7 Å². The van der Waals surface area contributed by atoms with E-state index in [0.29, 0.717) is 17.9 Å². The van der Waals surface area contributed by atoms with Gasteiger partial charge in [-0.25, -0.2) is 0 Å². The van der Waals surface area contributed by atoms with Crippen molar-refractivity contribution < 1.29 is 4.79 Å². The lowest BCUT2D eigenvalue weighted by Crippen LogP contribution is -2.64. The summed E-state index contributed by atoms with van der Waals surface area (Å²) in [7, 11) is 0. The molecule has 3 nitrogen and oxygen atoms in total. The summed E-state index contributed by atoms with van der Waals surface area (Å²) < 4.78 is 0. The molecule has 4 heterocycles. The maximum atomic E-state index is 12.8. The number of halogens is 1.